The Morgan fingerprint density at radius 3 is 2.35 bits per heavy atom. The number of esters is 1. The van der Waals surface area contributed by atoms with Gasteiger partial charge in [-0.2, -0.15) is 0 Å². The Labute approximate surface area is 178 Å². The number of fused-ring (bicyclic) bond motifs is 1. The Bertz CT molecular complexity index is 957. The van der Waals surface area contributed by atoms with Crippen LogP contribution in [0.15, 0.2) is 48.6 Å². The summed E-state index contributed by atoms with van der Waals surface area (Å²) in [5, 5.41) is 11.0. The molecule has 0 aliphatic rings. The number of rotatable bonds is 10. The van der Waals surface area contributed by atoms with E-state index >= 15 is 0 Å². The Morgan fingerprint density at radius 1 is 1.03 bits per heavy atom. The highest BCUT2D eigenvalue weighted by atomic mass is 17.0. The fraction of sp³-hybridized carbons (Fsp3) is 0.333. The zero-order valence-corrected chi connectivity index (χ0v) is 17.3. The summed E-state index contributed by atoms with van der Waals surface area (Å²) in [6, 6.07) is 11.4. The number of nitrogens with zero attached hydrogens (tertiary/aromatic N) is 1. The third-order valence-corrected chi connectivity index (χ3v) is 4.21. The van der Waals surface area contributed by atoms with E-state index in [0.29, 0.717) is 0 Å². The number of methoxy groups -OCH3 is 1. The van der Waals surface area contributed by atoms with Crippen LogP contribution in [0.5, 0.6) is 5.75 Å². The van der Waals surface area contributed by atoms with Crippen LogP contribution in [-0.4, -0.2) is 43.8 Å². The van der Waals surface area contributed by atoms with Gasteiger partial charge in [-0.1, -0.05) is 24.3 Å². The van der Waals surface area contributed by atoms with Crippen LogP contribution >= 0.6 is 0 Å². The Balaban J connectivity index is 1.76. The quantitative estimate of drug-likeness (QED) is 0.181. The summed E-state index contributed by atoms with van der Waals surface area (Å²) in [6.07, 6.45) is 0.438. The van der Waals surface area contributed by atoms with Crippen LogP contribution in [-0.2, 0) is 23.8 Å². The second kappa shape index (κ2) is 11.4. The summed E-state index contributed by atoms with van der Waals surface area (Å²) in [7, 11) is 1.61. The first-order valence-corrected chi connectivity index (χ1v) is 9.34. The van der Waals surface area contributed by atoms with Gasteiger partial charge in [0.25, 0.3) is 5.09 Å². The lowest BCUT2D eigenvalue weighted by Gasteiger charge is -2.12. The first-order chi connectivity index (χ1) is 14.8. The highest BCUT2D eigenvalue weighted by Crippen LogP contribution is 2.25. The molecule has 0 fully saturated rings. The summed E-state index contributed by atoms with van der Waals surface area (Å²) in [6.45, 7) is 2.76. The van der Waals surface area contributed by atoms with Gasteiger partial charge in [0.05, 0.1) is 13.0 Å². The average molecular weight is 433 g/mol. The van der Waals surface area contributed by atoms with Crippen molar-refractivity contribution < 1.29 is 38.5 Å². The molecule has 0 saturated carbocycles. The fourth-order valence-electron chi connectivity index (χ4n) is 2.59. The molecule has 0 aliphatic heterocycles. The molecule has 0 aliphatic carbocycles. The van der Waals surface area contributed by atoms with Crippen LogP contribution in [0.2, 0.25) is 0 Å². The molecule has 10 heteroatoms. The number of benzene rings is 2. The highest BCUT2D eigenvalue weighted by Gasteiger charge is 2.17. The molecule has 0 aromatic heterocycles. The molecule has 0 N–H and O–H groups in total. The maximum absolute atomic E-state index is 12.3. The molecule has 2 aromatic carbocycles. The number of carbonyl (C=O) groups is 2. The standard InChI is InChI=1S/C21H23NO9/c1-14(16-6-7-18-13-19(27-3)9-8-17(18)12-16)20(23)28-10-4-5-11-29-21(24)30-15(2)31-22(25)26/h4-9,12-15H,10-11H2,1-3H3/b5-4-/t14-,15?/m0/s1. The van der Waals surface area contributed by atoms with Crippen LogP contribution < -0.4 is 4.74 Å². The number of ether oxygens (including phenoxy) is 4. The molecule has 0 heterocycles. The SMILES string of the molecule is COc1ccc2cc([C@H](C)C(=O)OC/C=C\COC(=O)OC(C)O[N+](=O)[O-])ccc2c1. The largest absolute Gasteiger partial charge is 0.510 e. The number of carbonyl (C=O) groups excluding carboxylic acids is 2. The summed E-state index contributed by atoms with van der Waals surface area (Å²) in [5.41, 5.74) is 0.823. The number of hydrogen-bond donors (Lipinski definition) is 0. The van der Waals surface area contributed by atoms with Crippen LogP contribution in [0.1, 0.15) is 25.3 Å². The smallest absolute Gasteiger partial charge is 0.497 e. The van der Waals surface area contributed by atoms with Gasteiger partial charge >= 0.3 is 12.1 Å². The number of hydrogen-bond acceptors (Lipinski definition) is 9. The summed E-state index contributed by atoms with van der Waals surface area (Å²) in [5.74, 6) is -0.103. The van der Waals surface area contributed by atoms with E-state index in [-0.39, 0.29) is 13.2 Å². The molecule has 2 atom stereocenters. The summed E-state index contributed by atoms with van der Waals surface area (Å²) in [4.78, 5) is 37.7. The van der Waals surface area contributed by atoms with Crippen LogP contribution in [0.4, 0.5) is 4.79 Å². The highest BCUT2D eigenvalue weighted by molar-refractivity contribution is 5.86. The second-order valence-corrected chi connectivity index (χ2v) is 6.37. The Morgan fingerprint density at radius 2 is 1.68 bits per heavy atom. The lowest BCUT2D eigenvalue weighted by Crippen LogP contribution is -2.21. The van der Waals surface area contributed by atoms with Crippen molar-refractivity contribution >= 4 is 22.9 Å². The zero-order valence-electron chi connectivity index (χ0n) is 17.3. The Hall–Kier alpha value is -3.82. The molecule has 0 amide bonds. The van der Waals surface area contributed by atoms with Gasteiger partial charge in [0.1, 0.15) is 19.0 Å². The van der Waals surface area contributed by atoms with Gasteiger partial charge in [0.15, 0.2) is 0 Å². The van der Waals surface area contributed by atoms with E-state index in [2.05, 4.69) is 14.3 Å². The molecule has 2 aromatic rings. The van der Waals surface area contributed by atoms with Crippen LogP contribution in [0, 0.1) is 10.1 Å². The van der Waals surface area contributed by atoms with Gasteiger partial charge in [0, 0.05) is 0 Å². The molecular formula is C21H23NO9. The normalized spacial score (nSPS) is 12.7. The van der Waals surface area contributed by atoms with Crippen molar-refractivity contribution in [3.8, 4) is 5.75 Å². The fourth-order valence-corrected chi connectivity index (χ4v) is 2.59. The summed E-state index contributed by atoms with van der Waals surface area (Å²) >= 11 is 0. The van der Waals surface area contributed by atoms with E-state index in [1.807, 2.05) is 36.4 Å². The van der Waals surface area contributed by atoms with Gasteiger partial charge in [-0.3, -0.25) is 9.63 Å². The van der Waals surface area contributed by atoms with Gasteiger partial charge in [-0.05, 0) is 54.5 Å². The lowest BCUT2D eigenvalue weighted by atomic mass is 9.98. The topological polar surface area (TPSA) is 123 Å². The second-order valence-electron chi connectivity index (χ2n) is 6.37. The average Bonchev–Trinajstić information content (AvgIpc) is 2.73. The molecule has 2 rings (SSSR count). The van der Waals surface area contributed by atoms with Crippen LogP contribution in [0.3, 0.4) is 0 Å². The van der Waals surface area contributed by atoms with Crippen molar-refractivity contribution in [2.24, 2.45) is 0 Å². The van der Waals surface area contributed by atoms with Gasteiger partial charge in [-0.25, -0.2) is 4.79 Å². The monoisotopic (exact) mass is 433 g/mol. The van der Waals surface area contributed by atoms with Gasteiger partial charge in [0.2, 0.25) is 6.29 Å². The zero-order chi connectivity index (χ0) is 22.8. The molecule has 10 nitrogen and oxygen atoms in total. The van der Waals surface area contributed by atoms with Crippen molar-refractivity contribution in [1.82, 2.24) is 0 Å². The molecule has 0 saturated heterocycles. The maximum atomic E-state index is 12.3. The van der Waals surface area contributed by atoms with Crippen molar-refractivity contribution in [2.75, 3.05) is 20.3 Å². The predicted molar refractivity (Wildman–Crippen MR) is 109 cm³/mol. The molecule has 0 spiro atoms. The molecular weight excluding hydrogens is 410 g/mol. The third-order valence-electron chi connectivity index (χ3n) is 4.21. The molecule has 31 heavy (non-hydrogen) atoms. The minimum absolute atomic E-state index is 0.00675. The van der Waals surface area contributed by atoms with E-state index in [0.717, 1.165) is 22.1 Å². The van der Waals surface area contributed by atoms with E-state index in [4.69, 9.17) is 9.47 Å². The summed E-state index contributed by atoms with van der Waals surface area (Å²) < 4.78 is 19.6. The van der Waals surface area contributed by atoms with Crippen molar-refractivity contribution in [3.63, 3.8) is 0 Å². The molecule has 0 bridgehead atoms. The van der Waals surface area contributed by atoms with E-state index in [1.54, 1.807) is 14.0 Å². The maximum Gasteiger partial charge on any atom is 0.510 e. The van der Waals surface area contributed by atoms with Crippen molar-refractivity contribution in [2.45, 2.75) is 26.1 Å². The van der Waals surface area contributed by atoms with Gasteiger partial charge < -0.3 is 18.9 Å². The first kappa shape index (κ1) is 23.5. The van der Waals surface area contributed by atoms with E-state index in [9.17, 15) is 19.7 Å². The molecule has 166 valence electrons. The van der Waals surface area contributed by atoms with Crippen molar-refractivity contribution in [1.29, 1.82) is 0 Å². The first-order valence-electron chi connectivity index (χ1n) is 9.34. The van der Waals surface area contributed by atoms with Crippen molar-refractivity contribution in [3.05, 3.63) is 64.2 Å². The minimum atomic E-state index is -1.38. The lowest BCUT2D eigenvalue weighted by molar-refractivity contribution is -0.777. The van der Waals surface area contributed by atoms with Gasteiger partial charge in [-0.15, -0.1) is 10.1 Å². The molecule has 1 unspecified atom stereocenters. The van der Waals surface area contributed by atoms with E-state index in [1.165, 1.54) is 19.1 Å². The molecule has 0 radical (unpaired) electrons. The Kier molecular flexibility index (Phi) is 8.62. The van der Waals surface area contributed by atoms with Crippen LogP contribution in [0.25, 0.3) is 10.8 Å². The predicted octanol–water partition coefficient (Wildman–Crippen LogP) is 3.76. The minimum Gasteiger partial charge on any atom is -0.497 e. The van der Waals surface area contributed by atoms with E-state index < -0.39 is 29.4 Å². The third kappa shape index (κ3) is 7.50.